The molecular formula is C28H24N4OS. The van der Waals surface area contributed by atoms with Gasteiger partial charge in [0.1, 0.15) is 5.82 Å². The number of carbonyl (C=O) groups excluding carboxylic acids is 1. The molecule has 0 unspecified atom stereocenters. The van der Waals surface area contributed by atoms with E-state index in [0.29, 0.717) is 11.5 Å². The second kappa shape index (κ2) is 9.00. The standard InChI is InChI=1S/C28H24N4OS/c1-17-5-3-7-20(13-17)23-15-30-27(29)25-24(16-34-26(23)25)19-9-11-21(12-10-19)31-28(33)32-22-8-4-6-18(2)14-22/h3-16H,1-2H3,(H2,29,30)(H2,31,32,33). The zero-order valence-corrected chi connectivity index (χ0v) is 19.7. The third-order valence-electron chi connectivity index (χ3n) is 5.68. The van der Waals surface area contributed by atoms with Gasteiger partial charge in [0.2, 0.25) is 0 Å². The van der Waals surface area contributed by atoms with Gasteiger partial charge < -0.3 is 16.4 Å². The fourth-order valence-corrected chi connectivity index (χ4v) is 5.17. The second-order valence-corrected chi connectivity index (χ2v) is 9.19. The molecule has 4 N–H and O–H groups in total. The first-order valence-corrected chi connectivity index (χ1v) is 11.8. The minimum absolute atomic E-state index is 0.282. The van der Waals surface area contributed by atoms with Crippen LogP contribution in [0.1, 0.15) is 11.1 Å². The molecule has 5 rings (SSSR count). The average Bonchev–Trinajstić information content (AvgIpc) is 3.26. The maximum absolute atomic E-state index is 12.4. The molecule has 168 valence electrons. The van der Waals surface area contributed by atoms with Crippen molar-refractivity contribution >= 4 is 44.6 Å². The minimum atomic E-state index is -0.282. The highest BCUT2D eigenvalue weighted by molar-refractivity contribution is 7.18. The number of aromatic nitrogens is 1. The quantitative estimate of drug-likeness (QED) is 0.258. The molecule has 34 heavy (non-hydrogen) atoms. The Bertz CT molecular complexity index is 1510. The van der Waals surface area contributed by atoms with E-state index < -0.39 is 0 Å². The lowest BCUT2D eigenvalue weighted by molar-refractivity contribution is 0.262. The van der Waals surface area contributed by atoms with E-state index in [0.717, 1.165) is 43.6 Å². The van der Waals surface area contributed by atoms with E-state index in [-0.39, 0.29) is 6.03 Å². The number of nitrogens with one attached hydrogen (secondary N) is 2. The second-order valence-electron chi connectivity index (χ2n) is 8.31. The summed E-state index contributed by atoms with van der Waals surface area (Å²) in [5, 5.41) is 8.82. The number of amides is 2. The number of carbonyl (C=O) groups is 1. The van der Waals surface area contributed by atoms with Crippen LogP contribution in [0.3, 0.4) is 0 Å². The van der Waals surface area contributed by atoms with Crippen molar-refractivity contribution in [2.24, 2.45) is 0 Å². The summed E-state index contributed by atoms with van der Waals surface area (Å²) >= 11 is 1.67. The lowest BCUT2D eigenvalue weighted by atomic mass is 10.0. The topological polar surface area (TPSA) is 80.0 Å². The Morgan fingerprint density at radius 1 is 0.824 bits per heavy atom. The van der Waals surface area contributed by atoms with E-state index in [1.165, 1.54) is 5.56 Å². The number of thiophene rings is 1. The molecule has 0 aliphatic heterocycles. The number of rotatable bonds is 4. The molecule has 2 amide bonds. The van der Waals surface area contributed by atoms with Crippen LogP contribution in [-0.4, -0.2) is 11.0 Å². The highest BCUT2D eigenvalue weighted by Gasteiger charge is 2.15. The molecule has 0 aliphatic carbocycles. The van der Waals surface area contributed by atoms with Gasteiger partial charge in [-0.2, -0.15) is 0 Å². The number of pyridine rings is 1. The normalized spacial score (nSPS) is 10.9. The van der Waals surface area contributed by atoms with Gasteiger partial charge in [0.15, 0.2) is 0 Å². The molecular weight excluding hydrogens is 440 g/mol. The summed E-state index contributed by atoms with van der Waals surface area (Å²) in [7, 11) is 0. The van der Waals surface area contributed by atoms with Gasteiger partial charge in [-0.15, -0.1) is 11.3 Å². The van der Waals surface area contributed by atoms with Crippen molar-refractivity contribution in [1.29, 1.82) is 0 Å². The molecule has 5 aromatic rings. The van der Waals surface area contributed by atoms with E-state index in [1.54, 1.807) is 11.3 Å². The number of nitrogens with zero attached hydrogens (tertiary/aromatic N) is 1. The lowest BCUT2D eigenvalue weighted by Crippen LogP contribution is -2.19. The van der Waals surface area contributed by atoms with Crippen LogP contribution in [0.4, 0.5) is 22.0 Å². The van der Waals surface area contributed by atoms with Crippen LogP contribution in [0.15, 0.2) is 84.4 Å². The summed E-state index contributed by atoms with van der Waals surface area (Å²) in [6, 6.07) is 23.6. The Hall–Kier alpha value is -4.16. The first-order chi connectivity index (χ1) is 16.5. The smallest absolute Gasteiger partial charge is 0.323 e. The van der Waals surface area contributed by atoms with Gasteiger partial charge in [0.05, 0.1) is 0 Å². The Labute approximate surface area is 202 Å². The molecule has 0 fully saturated rings. The van der Waals surface area contributed by atoms with Gasteiger partial charge in [0, 0.05) is 38.8 Å². The molecule has 0 atom stereocenters. The Kier molecular flexibility index (Phi) is 5.74. The highest BCUT2D eigenvalue weighted by atomic mass is 32.1. The van der Waals surface area contributed by atoms with E-state index in [2.05, 4.69) is 52.2 Å². The van der Waals surface area contributed by atoms with Crippen molar-refractivity contribution < 1.29 is 4.79 Å². The van der Waals surface area contributed by atoms with Crippen LogP contribution < -0.4 is 16.4 Å². The highest BCUT2D eigenvalue weighted by Crippen LogP contribution is 2.42. The lowest BCUT2D eigenvalue weighted by Gasteiger charge is -2.10. The monoisotopic (exact) mass is 464 g/mol. The van der Waals surface area contributed by atoms with E-state index in [9.17, 15) is 4.79 Å². The van der Waals surface area contributed by atoms with Crippen LogP contribution in [0.5, 0.6) is 0 Å². The zero-order chi connectivity index (χ0) is 23.7. The number of fused-ring (bicyclic) bond motifs is 1. The molecule has 5 nitrogen and oxygen atoms in total. The fraction of sp³-hybridized carbons (Fsp3) is 0.0714. The fourth-order valence-electron chi connectivity index (χ4n) is 4.05. The van der Waals surface area contributed by atoms with Crippen molar-refractivity contribution in [3.8, 4) is 22.3 Å². The van der Waals surface area contributed by atoms with Crippen molar-refractivity contribution in [2.75, 3.05) is 16.4 Å². The third kappa shape index (κ3) is 4.36. The van der Waals surface area contributed by atoms with E-state index in [4.69, 9.17) is 5.73 Å². The Morgan fingerprint density at radius 3 is 2.26 bits per heavy atom. The SMILES string of the molecule is Cc1cccc(NC(=O)Nc2ccc(-c3csc4c(-c5cccc(C)c5)cnc(N)c34)cc2)c1. The first-order valence-electron chi connectivity index (χ1n) is 11.0. The van der Waals surface area contributed by atoms with E-state index in [1.807, 2.05) is 61.7 Å². The van der Waals surface area contributed by atoms with Crippen LogP contribution in [0.25, 0.3) is 32.3 Å². The predicted octanol–water partition coefficient (Wildman–Crippen LogP) is 7.47. The molecule has 2 heterocycles. The summed E-state index contributed by atoms with van der Waals surface area (Å²) in [6.45, 7) is 4.07. The number of hydrogen-bond donors (Lipinski definition) is 3. The molecule has 3 aromatic carbocycles. The maximum Gasteiger partial charge on any atom is 0.323 e. The van der Waals surface area contributed by atoms with Crippen molar-refractivity contribution in [2.45, 2.75) is 13.8 Å². The predicted molar refractivity (Wildman–Crippen MR) is 143 cm³/mol. The first kappa shape index (κ1) is 21.7. The molecule has 0 radical (unpaired) electrons. The van der Waals surface area contributed by atoms with Gasteiger partial charge in [-0.1, -0.05) is 54.1 Å². The zero-order valence-electron chi connectivity index (χ0n) is 18.9. The minimum Gasteiger partial charge on any atom is -0.383 e. The number of nitrogens with two attached hydrogens (primary N) is 1. The number of urea groups is 1. The van der Waals surface area contributed by atoms with E-state index >= 15 is 0 Å². The molecule has 0 aliphatic rings. The largest absolute Gasteiger partial charge is 0.383 e. The van der Waals surface area contributed by atoms with Gasteiger partial charge in [-0.25, -0.2) is 9.78 Å². The van der Waals surface area contributed by atoms with Gasteiger partial charge >= 0.3 is 6.03 Å². The van der Waals surface area contributed by atoms with Crippen molar-refractivity contribution in [3.63, 3.8) is 0 Å². The number of anilines is 3. The van der Waals surface area contributed by atoms with Crippen LogP contribution >= 0.6 is 11.3 Å². The molecule has 0 saturated carbocycles. The van der Waals surface area contributed by atoms with Crippen LogP contribution in [-0.2, 0) is 0 Å². The molecule has 0 spiro atoms. The van der Waals surface area contributed by atoms with Crippen LogP contribution in [0, 0.1) is 13.8 Å². The number of nitrogen functional groups attached to an aromatic ring is 1. The molecule has 0 bridgehead atoms. The molecule has 6 heteroatoms. The number of aryl methyl sites for hydroxylation is 2. The Morgan fingerprint density at radius 2 is 1.53 bits per heavy atom. The molecule has 0 saturated heterocycles. The number of hydrogen-bond acceptors (Lipinski definition) is 4. The van der Waals surface area contributed by atoms with Crippen molar-refractivity contribution in [3.05, 3.63) is 95.5 Å². The van der Waals surface area contributed by atoms with Gasteiger partial charge in [-0.3, -0.25) is 0 Å². The number of benzene rings is 3. The van der Waals surface area contributed by atoms with Crippen LogP contribution in [0.2, 0.25) is 0 Å². The van der Waals surface area contributed by atoms with Gasteiger partial charge in [-0.05, 0) is 60.2 Å². The summed E-state index contributed by atoms with van der Waals surface area (Å²) in [5.74, 6) is 0.516. The summed E-state index contributed by atoms with van der Waals surface area (Å²) in [4.78, 5) is 16.9. The maximum atomic E-state index is 12.4. The Balaban J connectivity index is 1.41. The summed E-state index contributed by atoms with van der Waals surface area (Å²) in [6.07, 6.45) is 1.85. The summed E-state index contributed by atoms with van der Waals surface area (Å²) in [5.41, 5.74) is 14.3. The van der Waals surface area contributed by atoms with Gasteiger partial charge in [0.25, 0.3) is 0 Å². The average molecular weight is 465 g/mol. The molecule has 2 aromatic heterocycles. The third-order valence-corrected chi connectivity index (χ3v) is 6.70. The van der Waals surface area contributed by atoms with Crippen molar-refractivity contribution in [1.82, 2.24) is 4.98 Å². The summed E-state index contributed by atoms with van der Waals surface area (Å²) < 4.78 is 1.12.